The SMILES string of the molecule is CCOc1ccncc1Nc1ccc(C(=O)c2ccccc2C)c(Cl)c1. The highest BCUT2D eigenvalue weighted by Gasteiger charge is 2.15. The first kappa shape index (κ1) is 18.0. The number of ketones is 1. The molecule has 0 aliphatic rings. The fourth-order valence-corrected chi connectivity index (χ4v) is 2.93. The Morgan fingerprint density at radius 1 is 1.15 bits per heavy atom. The van der Waals surface area contributed by atoms with Crippen LogP contribution >= 0.6 is 11.6 Å². The van der Waals surface area contributed by atoms with Crippen molar-refractivity contribution in [3.05, 3.63) is 82.6 Å². The monoisotopic (exact) mass is 366 g/mol. The van der Waals surface area contributed by atoms with Gasteiger partial charge in [-0.15, -0.1) is 0 Å². The van der Waals surface area contributed by atoms with Gasteiger partial charge < -0.3 is 10.1 Å². The van der Waals surface area contributed by atoms with E-state index < -0.39 is 0 Å². The molecule has 0 saturated heterocycles. The molecule has 0 unspecified atom stereocenters. The van der Waals surface area contributed by atoms with Crippen molar-refractivity contribution in [1.82, 2.24) is 4.98 Å². The van der Waals surface area contributed by atoms with Gasteiger partial charge in [-0.05, 0) is 37.6 Å². The van der Waals surface area contributed by atoms with Crippen LogP contribution in [0.25, 0.3) is 0 Å². The Hall–Kier alpha value is -2.85. The number of nitrogens with one attached hydrogen (secondary N) is 1. The summed E-state index contributed by atoms with van der Waals surface area (Å²) < 4.78 is 5.58. The van der Waals surface area contributed by atoms with Gasteiger partial charge in [0.05, 0.1) is 23.5 Å². The molecule has 0 amide bonds. The van der Waals surface area contributed by atoms with Crippen LogP contribution in [-0.2, 0) is 0 Å². The van der Waals surface area contributed by atoms with Crippen molar-refractivity contribution in [1.29, 1.82) is 0 Å². The normalized spacial score (nSPS) is 10.4. The van der Waals surface area contributed by atoms with E-state index >= 15 is 0 Å². The van der Waals surface area contributed by atoms with Crippen LogP contribution in [0.3, 0.4) is 0 Å². The van der Waals surface area contributed by atoms with Gasteiger partial charge in [-0.25, -0.2) is 0 Å². The summed E-state index contributed by atoms with van der Waals surface area (Å²) in [4.78, 5) is 16.9. The van der Waals surface area contributed by atoms with Gasteiger partial charge in [0, 0.05) is 29.1 Å². The molecule has 0 aliphatic carbocycles. The molecule has 4 nitrogen and oxygen atoms in total. The molecule has 132 valence electrons. The van der Waals surface area contributed by atoms with Crippen molar-refractivity contribution in [2.24, 2.45) is 0 Å². The number of nitrogens with zero attached hydrogens (tertiary/aromatic N) is 1. The van der Waals surface area contributed by atoms with Gasteiger partial charge >= 0.3 is 0 Å². The average molecular weight is 367 g/mol. The van der Waals surface area contributed by atoms with Crippen LogP contribution < -0.4 is 10.1 Å². The first-order chi connectivity index (χ1) is 12.6. The third kappa shape index (κ3) is 3.86. The molecule has 5 heteroatoms. The Kier molecular flexibility index (Phi) is 5.54. The van der Waals surface area contributed by atoms with Crippen LogP contribution in [0, 0.1) is 6.92 Å². The molecular formula is C21H19ClN2O2. The fraction of sp³-hybridized carbons (Fsp3) is 0.143. The molecular weight excluding hydrogens is 348 g/mol. The van der Waals surface area contributed by atoms with Gasteiger partial charge in [-0.2, -0.15) is 0 Å². The zero-order valence-electron chi connectivity index (χ0n) is 14.6. The molecule has 0 saturated carbocycles. The zero-order chi connectivity index (χ0) is 18.5. The Morgan fingerprint density at radius 3 is 2.69 bits per heavy atom. The summed E-state index contributed by atoms with van der Waals surface area (Å²) in [6.07, 6.45) is 3.36. The second-order valence-corrected chi connectivity index (χ2v) is 6.18. The van der Waals surface area contributed by atoms with Crippen molar-refractivity contribution >= 4 is 28.8 Å². The van der Waals surface area contributed by atoms with Crippen molar-refractivity contribution in [2.75, 3.05) is 11.9 Å². The number of pyridine rings is 1. The third-order valence-corrected chi connectivity index (χ3v) is 4.28. The number of ether oxygens (including phenoxy) is 1. The van der Waals surface area contributed by atoms with Gasteiger partial charge in [-0.1, -0.05) is 35.9 Å². The van der Waals surface area contributed by atoms with E-state index in [9.17, 15) is 4.79 Å². The lowest BCUT2D eigenvalue weighted by Crippen LogP contribution is -2.05. The van der Waals surface area contributed by atoms with E-state index in [0.29, 0.717) is 28.5 Å². The minimum Gasteiger partial charge on any atom is -0.492 e. The molecule has 1 aromatic heterocycles. The van der Waals surface area contributed by atoms with Gasteiger partial charge in [-0.3, -0.25) is 9.78 Å². The quantitative estimate of drug-likeness (QED) is 0.592. The summed E-state index contributed by atoms with van der Waals surface area (Å²) in [5.74, 6) is 0.620. The number of aryl methyl sites for hydroxylation is 1. The minimum atomic E-state index is -0.0870. The summed E-state index contributed by atoms with van der Waals surface area (Å²) >= 11 is 6.39. The highest BCUT2D eigenvalue weighted by Crippen LogP contribution is 2.30. The summed E-state index contributed by atoms with van der Waals surface area (Å²) in [6, 6.07) is 14.6. The Morgan fingerprint density at radius 2 is 1.96 bits per heavy atom. The van der Waals surface area contributed by atoms with Crippen molar-refractivity contribution in [2.45, 2.75) is 13.8 Å². The van der Waals surface area contributed by atoms with E-state index in [1.807, 2.05) is 44.2 Å². The molecule has 0 aliphatic heterocycles. The van der Waals surface area contributed by atoms with Crippen molar-refractivity contribution < 1.29 is 9.53 Å². The maximum Gasteiger partial charge on any atom is 0.194 e. The maximum atomic E-state index is 12.8. The second kappa shape index (κ2) is 8.02. The second-order valence-electron chi connectivity index (χ2n) is 5.77. The first-order valence-corrected chi connectivity index (χ1v) is 8.71. The molecule has 0 fully saturated rings. The third-order valence-electron chi connectivity index (χ3n) is 3.96. The predicted molar refractivity (Wildman–Crippen MR) is 105 cm³/mol. The van der Waals surface area contributed by atoms with E-state index in [4.69, 9.17) is 16.3 Å². The summed E-state index contributed by atoms with van der Waals surface area (Å²) in [6.45, 7) is 4.39. The highest BCUT2D eigenvalue weighted by atomic mass is 35.5. The number of hydrogen-bond donors (Lipinski definition) is 1. The van der Waals surface area contributed by atoms with Gasteiger partial charge in [0.1, 0.15) is 5.75 Å². The molecule has 2 aromatic carbocycles. The molecule has 0 atom stereocenters. The molecule has 26 heavy (non-hydrogen) atoms. The smallest absolute Gasteiger partial charge is 0.194 e. The minimum absolute atomic E-state index is 0.0870. The number of benzene rings is 2. The van der Waals surface area contributed by atoms with Crippen molar-refractivity contribution in [3.8, 4) is 5.75 Å². The maximum absolute atomic E-state index is 12.8. The van der Waals surface area contributed by atoms with E-state index in [1.165, 1.54) is 0 Å². The van der Waals surface area contributed by atoms with Gasteiger partial charge in [0.15, 0.2) is 5.78 Å². The molecule has 0 spiro atoms. The lowest BCUT2D eigenvalue weighted by Gasteiger charge is -2.13. The Labute approximate surface area is 157 Å². The Balaban J connectivity index is 1.87. The lowest BCUT2D eigenvalue weighted by atomic mass is 9.99. The van der Waals surface area contributed by atoms with E-state index in [1.54, 1.807) is 30.6 Å². The molecule has 0 bridgehead atoms. The number of carbonyl (C=O) groups is 1. The summed E-state index contributed by atoms with van der Waals surface area (Å²) in [5, 5.41) is 3.63. The summed E-state index contributed by atoms with van der Waals surface area (Å²) in [7, 11) is 0. The van der Waals surface area contributed by atoms with E-state index in [2.05, 4.69) is 10.3 Å². The largest absolute Gasteiger partial charge is 0.492 e. The molecule has 3 aromatic rings. The zero-order valence-corrected chi connectivity index (χ0v) is 15.4. The summed E-state index contributed by atoms with van der Waals surface area (Å²) in [5.41, 5.74) is 3.55. The first-order valence-electron chi connectivity index (χ1n) is 8.34. The van der Waals surface area contributed by atoms with Crippen molar-refractivity contribution in [3.63, 3.8) is 0 Å². The standard InChI is InChI=1S/C21H19ClN2O2/c1-3-26-20-10-11-23-13-19(20)24-15-8-9-17(18(22)12-15)21(25)16-7-5-4-6-14(16)2/h4-13,24H,3H2,1-2H3. The average Bonchev–Trinajstić information content (AvgIpc) is 2.64. The number of aromatic nitrogens is 1. The van der Waals surface area contributed by atoms with Crippen LogP contribution in [0.2, 0.25) is 5.02 Å². The molecule has 0 radical (unpaired) electrons. The number of rotatable bonds is 6. The highest BCUT2D eigenvalue weighted by molar-refractivity contribution is 6.35. The number of halogens is 1. The lowest BCUT2D eigenvalue weighted by molar-refractivity contribution is 0.103. The van der Waals surface area contributed by atoms with Gasteiger partial charge in [0.2, 0.25) is 0 Å². The van der Waals surface area contributed by atoms with Crippen LogP contribution in [0.4, 0.5) is 11.4 Å². The number of anilines is 2. The van der Waals surface area contributed by atoms with Crippen LogP contribution in [0.5, 0.6) is 5.75 Å². The number of carbonyl (C=O) groups excluding carboxylic acids is 1. The van der Waals surface area contributed by atoms with Crippen LogP contribution in [0.15, 0.2) is 60.9 Å². The fourth-order valence-electron chi connectivity index (χ4n) is 2.66. The molecule has 1 N–H and O–H groups in total. The van der Waals surface area contributed by atoms with E-state index in [0.717, 1.165) is 16.9 Å². The predicted octanol–water partition coefficient (Wildman–Crippen LogP) is 5.42. The van der Waals surface area contributed by atoms with E-state index in [-0.39, 0.29) is 5.78 Å². The van der Waals surface area contributed by atoms with Gasteiger partial charge in [0.25, 0.3) is 0 Å². The molecule has 1 heterocycles. The van der Waals surface area contributed by atoms with Crippen LogP contribution in [0.1, 0.15) is 28.4 Å². The Bertz CT molecular complexity index is 941. The molecule has 3 rings (SSSR count). The van der Waals surface area contributed by atoms with Crippen LogP contribution in [-0.4, -0.2) is 17.4 Å². The topological polar surface area (TPSA) is 51.2 Å². The number of hydrogen-bond acceptors (Lipinski definition) is 4.